The minimum atomic E-state index is -0.504. The Morgan fingerprint density at radius 1 is 0.972 bits per heavy atom. The zero-order chi connectivity index (χ0) is 25.4. The molecule has 2 fully saturated rings. The van der Waals surface area contributed by atoms with Crippen molar-refractivity contribution in [2.45, 2.75) is 70.2 Å². The van der Waals surface area contributed by atoms with Crippen LogP contribution in [0.2, 0.25) is 0 Å². The highest BCUT2D eigenvalue weighted by Gasteiger charge is 2.45. The number of ether oxygens (including phenoxy) is 3. The molecule has 2 bridgehead atoms. The Labute approximate surface area is 209 Å². The molecule has 36 heavy (non-hydrogen) atoms. The van der Waals surface area contributed by atoms with Gasteiger partial charge in [-0.2, -0.15) is 0 Å². The van der Waals surface area contributed by atoms with Crippen LogP contribution in [0.25, 0.3) is 22.6 Å². The van der Waals surface area contributed by atoms with Crippen molar-refractivity contribution >= 4 is 6.09 Å². The second-order valence-corrected chi connectivity index (χ2v) is 10.3. The Morgan fingerprint density at radius 3 is 2.28 bits per heavy atom. The molecule has 5 heterocycles. The molecule has 2 saturated heterocycles. The first kappa shape index (κ1) is 24.0. The quantitative estimate of drug-likeness (QED) is 0.525. The third-order valence-electron chi connectivity index (χ3n) is 6.42. The lowest BCUT2D eigenvalue weighted by Gasteiger charge is -2.39. The number of aryl methyl sites for hydroxylation is 1. The molecule has 2 aliphatic rings. The Morgan fingerprint density at radius 2 is 1.69 bits per heavy atom. The lowest BCUT2D eigenvalue weighted by molar-refractivity contribution is -0.00771. The Kier molecular flexibility index (Phi) is 6.23. The third-order valence-corrected chi connectivity index (χ3v) is 6.42. The van der Waals surface area contributed by atoms with Gasteiger partial charge in [0.2, 0.25) is 11.8 Å². The SMILES string of the molecule is COc1nc(-c2ccc(OC3CC4CCC(C3)N4C(=O)OC(C)(C)C)nn2)ccc1-c1cn(C)nn1. The topological polar surface area (TPSA) is 117 Å². The van der Waals surface area contributed by atoms with E-state index in [4.69, 9.17) is 14.2 Å². The van der Waals surface area contributed by atoms with Crippen LogP contribution in [0.1, 0.15) is 46.5 Å². The molecule has 11 nitrogen and oxygen atoms in total. The van der Waals surface area contributed by atoms with E-state index in [0.29, 0.717) is 28.8 Å². The summed E-state index contributed by atoms with van der Waals surface area (Å²) < 4.78 is 18.9. The molecule has 3 aromatic rings. The molecule has 11 heteroatoms. The minimum absolute atomic E-state index is 0.0224. The van der Waals surface area contributed by atoms with Crippen molar-refractivity contribution in [3.63, 3.8) is 0 Å². The minimum Gasteiger partial charge on any atom is -0.480 e. The lowest BCUT2D eigenvalue weighted by atomic mass is 10.0. The van der Waals surface area contributed by atoms with E-state index < -0.39 is 5.60 Å². The zero-order valence-corrected chi connectivity index (χ0v) is 21.2. The summed E-state index contributed by atoms with van der Waals surface area (Å²) in [7, 11) is 3.37. The van der Waals surface area contributed by atoms with E-state index in [-0.39, 0.29) is 24.3 Å². The summed E-state index contributed by atoms with van der Waals surface area (Å²) in [5, 5.41) is 16.7. The summed E-state index contributed by atoms with van der Waals surface area (Å²) >= 11 is 0. The summed E-state index contributed by atoms with van der Waals surface area (Å²) in [6.07, 6.45) is 4.98. The average molecular weight is 494 g/mol. The van der Waals surface area contributed by atoms with Crippen LogP contribution in [0.15, 0.2) is 30.5 Å². The van der Waals surface area contributed by atoms with Crippen LogP contribution in [-0.4, -0.2) is 72.1 Å². The van der Waals surface area contributed by atoms with Gasteiger partial charge in [-0.3, -0.25) is 4.68 Å². The number of piperidine rings is 1. The largest absolute Gasteiger partial charge is 0.480 e. The van der Waals surface area contributed by atoms with Gasteiger partial charge in [0.15, 0.2) is 0 Å². The predicted molar refractivity (Wildman–Crippen MR) is 130 cm³/mol. The first-order valence-electron chi connectivity index (χ1n) is 12.1. The van der Waals surface area contributed by atoms with Gasteiger partial charge in [0.1, 0.15) is 23.1 Å². The van der Waals surface area contributed by atoms with Gasteiger partial charge in [0.05, 0.1) is 24.6 Å². The van der Waals surface area contributed by atoms with Crippen molar-refractivity contribution in [1.82, 2.24) is 35.1 Å². The molecule has 2 unspecified atom stereocenters. The summed E-state index contributed by atoms with van der Waals surface area (Å²) in [6, 6.07) is 7.61. The Hall–Kier alpha value is -3.76. The molecule has 190 valence electrons. The van der Waals surface area contributed by atoms with E-state index in [9.17, 15) is 4.79 Å². The van der Waals surface area contributed by atoms with Gasteiger partial charge >= 0.3 is 6.09 Å². The Balaban J connectivity index is 1.25. The molecular weight excluding hydrogens is 462 g/mol. The van der Waals surface area contributed by atoms with Gasteiger partial charge in [-0.1, -0.05) is 5.21 Å². The lowest BCUT2D eigenvalue weighted by Crippen LogP contribution is -2.50. The average Bonchev–Trinajstić information content (AvgIpc) is 3.38. The molecule has 3 aromatic heterocycles. The van der Waals surface area contributed by atoms with Crippen molar-refractivity contribution < 1.29 is 19.0 Å². The molecule has 0 aliphatic carbocycles. The Bertz CT molecular complexity index is 1220. The number of hydrogen-bond donors (Lipinski definition) is 0. The van der Waals surface area contributed by atoms with Crippen molar-refractivity contribution in [3.8, 4) is 34.4 Å². The molecule has 0 radical (unpaired) electrons. The summed E-state index contributed by atoms with van der Waals surface area (Å²) in [5.41, 5.74) is 2.15. The van der Waals surface area contributed by atoms with Gasteiger partial charge in [0, 0.05) is 38.0 Å². The maximum absolute atomic E-state index is 12.7. The molecule has 0 N–H and O–H groups in total. The van der Waals surface area contributed by atoms with Crippen molar-refractivity contribution in [3.05, 3.63) is 30.5 Å². The number of nitrogens with zero attached hydrogens (tertiary/aromatic N) is 7. The van der Waals surface area contributed by atoms with Crippen LogP contribution in [0.4, 0.5) is 4.79 Å². The summed E-state index contributed by atoms with van der Waals surface area (Å²) in [4.78, 5) is 19.2. The second-order valence-electron chi connectivity index (χ2n) is 10.3. The number of methoxy groups -OCH3 is 1. The fourth-order valence-corrected chi connectivity index (χ4v) is 4.93. The van der Waals surface area contributed by atoms with Gasteiger partial charge < -0.3 is 19.1 Å². The van der Waals surface area contributed by atoms with Crippen LogP contribution in [0.3, 0.4) is 0 Å². The van der Waals surface area contributed by atoms with E-state index in [1.807, 2.05) is 43.9 Å². The summed E-state index contributed by atoms with van der Waals surface area (Å²) in [6.45, 7) is 5.68. The maximum atomic E-state index is 12.7. The molecule has 0 aromatic carbocycles. The smallest absolute Gasteiger partial charge is 0.410 e. The fraction of sp³-hybridized carbons (Fsp3) is 0.520. The van der Waals surface area contributed by atoms with Crippen molar-refractivity contribution in [2.75, 3.05) is 7.11 Å². The normalized spacial score (nSPS) is 21.4. The number of fused-ring (bicyclic) bond motifs is 2. The molecule has 0 saturated carbocycles. The summed E-state index contributed by atoms with van der Waals surface area (Å²) in [5.74, 6) is 0.888. The van der Waals surface area contributed by atoms with E-state index in [2.05, 4.69) is 25.5 Å². The first-order valence-corrected chi connectivity index (χ1v) is 12.1. The number of carbonyl (C=O) groups excluding carboxylic acids is 1. The number of aromatic nitrogens is 6. The number of pyridine rings is 1. The van der Waals surface area contributed by atoms with E-state index in [1.54, 1.807) is 31.1 Å². The van der Waals surface area contributed by atoms with Crippen molar-refractivity contribution in [2.24, 2.45) is 7.05 Å². The number of carbonyl (C=O) groups is 1. The second kappa shape index (κ2) is 9.36. The molecule has 5 rings (SSSR count). The molecule has 1 amide bonds. The highest BCUT2D eigenvalue weighted by molar-refractivity contribution is 5.70. The molecule has 0 spiro atoms. The molecule has 2 aliphatic heterocycles. The predicted octanol–water partition coefficient (Wildman–Crippen LogP) is 3.65. The standard InChI is InChI=1S/C25H31N7O4/c1-25(2,3)36-24(33)32-15-6-7-16(32)13-17(12-15)35-22-11-10-20(27-29-22)19-9-8-18(23(26-19)34-5)21-14-31(4)30-28-21/h8-11,14-17H,6-7,12-13H2,1-5H3. The van der Waals surface area contributed by atoms with Crippen LogP contribution >= 0.6 is 0 Å². The molecule has 2 atom stereocenters. The monoisotopic (exact) mass is 493 g/mol. The molecular formula is C25H31N7O4. The van der Waals surface area contributed by atoms with Crippen LogP contribution in [0.5, 0.6) is 11.8 Å². The number of rotatable bonds is 5. The van der Waals surface area contributed by atoms with Crippen LogP contribution in [-0.2, 0) is 11.8 Å². The van der Waals surface area contributed by atoms with Gasteiger partial charge in [-0.25, -0.2) is 9.78 Å². The highest BCUT2D eigenvalue weighted by Crippen LogP contribution is 2.38. The van der Waals surface area contributed by atoms with Gasteiger partial charge in [0.25, 0.3) is 0 Å². The van der Waals surface area contributed by atoms with E-state index in [0.717, 1.165) is 31.2 Å². The van der Waals surface area contributed by atoms with Gasteiger partial charge in [-0.15, -0.1) is 15.3 Å². The maximum Gasteiger partial charge on any atom is 0.410 e. The van der Waals surface area contributed by atoms with Crippen molar-refractivity contribution in [1.29, 1.82) is 0 Å². The van der Waals surface area contributed by atoms with Crippen LogP contribution < -0.4 is 9.47 Å². The fourth-order valence-electron chi connectivity index (χ4n) is 4.93. The van der Waals surface area contributed by atoms with Crippen LogP contribution in [0, 0.1) is 0 Å². The number of hydrogen-bond acceptors (Lipinski definition) is 9. The third kappa shape index (κ3) is 4.95. The first-order chi connectivity index (χ1) is 17.2. The van der Waals surface area contributed by atoms with E-state index >= 15 is 0 Å². The number of amides is 1. The zero-order valence-electron chi connectivity index (χ0n) is 21.2. The highest BCUT2D eigenvalue weighted by atomic mass is 16.6. The van der Waals surface area contributed by atoms with E-state index in [1.165, 1.54) is 0 Å². The van der Waals surface area contributed by atoms with Gasteiger partial charge in [-0.05, 0) is 51.8 Å².